The lowest BCUT2D eigenvalue weighted by atomic mass is 10.4. The molecule has 3 aromatic heterocycles. The van der Waals surface area contributed by atoms with Gasteiger partial charge in [-0.3, -0.25) is 0 Å². The van der Waals surface area contributed by atoms with Crippen LogP contribution in [0.2, 0.25) is 0 Å². The van der Waals surface area contributed by atoms with Gasteiger partial charge in [0.2, 0.25) is 0 Å². The molecule has 0 fully saturated rings. The van der Waals surface area contributed by atoms with E-state index in [-0.39, 0.29) is 0 Å². The van der Waals surface area contributed by atoms with Crippen LogP contribution in [0.25, 0.3) is 5.65 Å². The smallest absolute Gasteiger partial charge is 0.180 e. The number of nitrogens with two attached hydrogens (primary N) is 1. The number of aryl methyl sites for hydroxylation is 1. The van der Waals surface area contributed by atoms with Gasteiger partial charge in [-0.2, -0.15) is 0 Å². The van der Waals surface area contributed by atoms with Gasteiger partial charge in [-0.05, 0) is 19.1 Å². The van der Waals surface area contributed by atoms with Crippen molar-refractivity contribution in [3.05, 3.63) is 42.2 Å². The van der Waals surface area contributed by atoms with Gasteiger partial charge in [0.1, 0.15) is 11.5 Å². The van der Waals surface area contributed by atoms with Crippen molar-refractivity contribution in [2.75, 3.05) is 10.7 Å². The molecule has 0 spiro atoms. The van der Waals surface area contributed by atoms with Crippen molar-refractivity contribution in [2.45, 2.75) is 13.5 Å². The fourth-order valence-electron chi connectivity index (χ4n) is 1.87. The van der Waals surface area contributed by atoms with Gasteiger partial charge in [0.15, 0.2) is 17.3 Å². The largest absolute Gasteiger partial charge is 0.465 e. The first-order chi connectivity index (χ1) is 9.26. The maximum absolute atomic E-state index is 5.50. The number of aromatic nitrogens is 3. The molecule has 98 valence electrons. The van der Waals surface area contributed by atoms with Crippen molar-refractivity contribution in [1.82, 2.24) is 14.4 Å². The molecule has 7 heteroatoms. The lowest BCUT2D eigenvalue weighted by Crippen LogP contribution is -2.12. The van der Waals surface area contributed by atoms with Gasteiger partial charge >= 0.3 is 0 Å². The summed E-state index contributed by atoms with van der Waals surface area (Å²) in [5.41, 5.74) is 3.27. The minimum atomic E-state index is 0.539. The number of nitrogen functional groups attached to an aromatic ring is 1. The zero-order valence-electron chi connectivity index (χ0n) is 10.4. The minimum Gasteiger partial charge on any atom is -0.465 e. The Labute approximate surface area is 109 Å². The second kappa shape index (κ2) is 4.62. The van der Waals surface area contributed by atoms with Crippen LogP contribution in [0.3, 0.4) is 0 Å². The Morgan fingerprint density at radius 1 is 1.42 bits per heavy atom. The average molecular weight is 258 g/mol. The standard InChI is InChI=1S/C12H14N6O/c1-8-2-3-9(19-8)6-15-11-12-14-4-5-18(12)7-10(16-11)17-13/h2-5,7,17H,6,13H2,1H3,(H,15,16). The molecular weight excluding hydrogens is 244 g/mol. The van der Waals surface area contributed by atoms with Crippen molar-refractivity contribution >= 4 is 17.3 Å². The Balaban J connectivity index is 1.88. The molecule has 3 rings (SSSR count). The molecule has 0 aliphatic rings. The molecule has 3 aromatic rings. The average Bonchev–Trinajstić information content (AvgIpc) is 3.04. The van der Waals surface area contributed by atoms with Gasteiger partial charge in [0.25, 0.3) is 0 Å². The first-order valence-corrected chi connectivity index (χ1v) is 5.86. The van der Waals surface area contributed by atoms with Crippen LogP contribution in [0.5, 0.6) is 0 Å². The molecule has 19 heavy (non-hydrogen) atoms. The SMILES string of the molecule is Cc1ccc(CNc2nc(NN)cn3ccnc23)o1. The summed E-state index contributed by atoms with van der Waals surface area (Å²) in [6.45, 7) is 2.45. The van der Waals surface area contributed by atoms with Gasteiger partial charge in [0.05, 0.1) is 12.7 Å². The third-order valence-corrected chi connectivity index (χ3v) is 2.75. The third kappa shape index (κ3) is 2.23. The minimum absolute atomic E-state index is 0.539. The number of rotatable bonds is 4. The molecule has 7 nitrogen and oxygen atoms in total. The fourth-order valence-corrected chi connectivity index (χ4v) is 1.87. The van der Waals surface area contributed by atoms with Gasteiger partial charge < -0.3 is 19.6 Å². The van der Waals surface area contributed by atoms with Crippen molar-refractivity contribution in [3.8, 4) is 0 Å². The molecule has 0 saturated heterocycles. The predicted octanol–water partition coefficient (Wildman–Crippen LogP) is 1.53. The zero-order valence-corrected chi connectivity index (χ0v) is 10.4. The number of hydrogen-bond donors (Lipinski definition) is 3. The molecule has 3 heterocycles. The second-order valence-electron chi connectivity index (χ2n) is 4.14. The van der Waals surface area contributed by atoms with E-state index < -0.39 is 0 Å². The maximum Gasteiger partial charge on any atom is 0.180 e. The molecule has 0 aliphatic heterocycles. The third-order valence-electron chi connectivity index (χ3n) is 2.75. The molecule has 0 aliphatic carbocycles. The van der Waals surface area contributed by atoms with E-state index in [1.807, 2.05) is 29.7 Å². The van der Waals surface area contributed by atoms with Crippen LogP contribution in [-0.2, 0) is 6.54 Å². The van der Waals surface area contributed by atoms with Crippen molar-refractivity contribution in [1.29, 1.82) is 0 Å². The molecule has 4 N–H and O–H groups in total. The van der Waals surface area contributed by atoms with E-state index in [0.717, 1.165) is 17.2 Å². The van der Waals surface area contributed by atoms with Crippen LogP contribution >= 0.6 is 0 Å². The highest BCUT2D eigenvalue weighted by molar-refractivity contribution is 5.65. The monoisotopic (exact) mass is 258 g/mol. The molecule has 0 unspecified atom stereocenters. The first kappa shape index (κ1) is 11.5. The fraction of sp³-hybridized carbons (Fsp3) is 0.167. The van der Waals surface area contributed by atoms with E-state index in [1.165, 1.54) is 0 Å². The summed E-state index contributed by atoms with van der Waals surface area (Å²) >= 11 is 0. The number of fused-ring (bicyclic) bond motifs is 1. The number of hydrazine groups is 1. The number of nitrogens with one attached hydrogen (secondary N) is 2. The summed E-state index contributed by atoms with van der Waals surface area (Å²) in [5, 5.41) is 3.19. The Bertz CT molecular complexity index is 701. The van der Waals surface area contributed by atoms with Gasteiger partial charge in [0, 0.05) is 12.4 Å². The summed E-state index contributed by atoms with van der Waals surface area (Å²) < 4.78 is 7.34. The van der Waals surface area contributed by atoms with Gasteiger partial charge in [-0.15, -0.1) is 0 Å². The van der Waals surface area contributed by atoms with E-state index in [0.29, 0.717) is 18.2 Å². The maximum atomic E-state index is 5.50. The van der Waals surface area contributed by atoms with E-state index in [9.17, 15) is 0 Å². The van der Waals surface area contributed by atoms with Crippen molar-refractivity contribution in [3.63, 3.8) is 0 Å². The number of anilines is 2. The van der Waals surface area contributed by atoms with Crippen molar-refractivity contribution < 1.29 is 4.42 Å². The Hall–Kier alpha value is -2.54. The summed E-state index contributed by atoms with van der Waals surface area (Å²) in [5.74, 6) is 8.33. The summed E-state index contributed by atoms with van der Waals surface area (Å²) in [6.07, 6.45) is 5.31. The normalized spacial score (nSPS) is 10.8. The lowest BCUT2D eigenvalue weighted by molar-refractivity contribution is 0.490. The van der Waals surface area contributed by atoms with E-state index >= 15 is 0 Å². The van der Waals surface area contributed by atoms with E-state index in [1.54, 1.807) is 12.4 Å². The summed E-state index contributed by atoms with van der Waals surface area (Å²) in [4.78, 5) is 8.59. The van der Waals surface area contributed by atoms with Crippen LogP contribution < -0.4 is 16.6 Å². The van der Waals surface area contributed by atoms with Crippen molar-refractivity contribution in [2.24, 2.45) is 5.84 Å². The van der Waals surface area contributed by atoms with Crippen LogP contribution in [-0.4, -0.2) is 14.4 Å². The quantitative estimate of drug-likeness (QED) is 0.485. The van der Waals surface area contributed by atoms with E-state index in [2.05, 4.69) is 20.7 Å². The predicted molar refractivity (Wildman–Crippen MR) is 71.6 cm³/mol. The molecule has 0 bridgehead atoms. The number of hydrogen-bond acceptors (Lipinski definition) is 6. The van der Waals surface area contributed by atoms with Gasteiger partial charge in [-0.1, -0.05) is 0 Å². The van der Waals surface area contributed by atoms with Crippen LogP contribution in [0.1, 0.15) is 11.5 Å². The Kier molecular flexibility index (Phi) is 2.81. The Morgan fingerprint density at radius 3 is 3.05 bits per heavy atom. The molecule has 0 atom stereocenters. The van der Waals surface area contributed by atoms with Crippen LogP contribution in [0.4, 0.5) is 11.6 Å². The molecule has 0 aromatic carbocycles. The number of furan rings is 1. The van der Waals surface area contributed by atoms with Crippen LogP contribution in [0.15, 0.2) is 35.1 Å². The zero-order chi connectivity index (χ0) is 13.2. The highest BCUT2D eigenvalue weighted by Crippen LogP contribution is 2.17. The second-order valence-corrected chi connectivity index (χ2v) is 4.14. The Morgan fingerprint density at radius 2 is 2.32 bits per heavy atom. The number of imidazole rings is 1. The molecule has 0 amide bonds. The topological polar surface area (TPSA) is 93.4 Å². The molecule has 0 saturated carbocycles. The highest BCUT2D eigenvalue weighted by Gasteiger charge is 2.07. The van der Waals surface area contributed by atoms with Crippen LogP contribution in [0, 0.1) is 6.92 Å². The molecular formula is C12H14N6O. The summed E-state index contributed by atoms with van der Waals surface area (Å²) in [7, 11) is 0. The number of nitrogens with zero attached hydrogens (tertiary/aromatic N) is 3. The molecule has 0 radical (unpaired) electrons. The van der Waals surface area contributed by atoms with Gasteiger partial charge in [-0.25, -0.2) is 15.8 Å². The highest BCUT2D eigenvalue weighted by atomic mass is 16.3. The lowest BCUT2D eigenvalue weighted by Gasteiger charge is -2.08. The first-order valence-electron chi connectivity index (χ1n) is 5.86. The van der Waals surface area contributed by atoms with E-state index in [4.69, 9.17) is 10.3 Å². The summed E-state index contributed by atoms with van der Waals surface area (Å²) in [6, 6.07) is 3.85.